The third kappa shape index (κ3) is 3.06. The Labute approximate surface area is 140 Å². The van der Waals surface area contributed by atoms with Gasteiger partial charge in [0.25, 0.3) is 11.8 Å². The van der Waals surface area contributed by atoms with Gasteiger partial charge < -0.3 is 19.9 Å². The lowest BCUT2D eigenvalue weighted by molar-refractivity contribution is -0.132. The van der Waals surface area contributed by atoms with Crippen LogP contribution in [0.4, 0.5) is 5.69 Å². The maximum Gasteiger partial charge on any atom is 0.265 e. The van der Waals surface area contributed by atoms with E-state index < -0.39 is 6.10 Å². The van der Waals surface area contributed by atoms with Crippen LogP contribution < -0.4 is 10.1 Å². The quantitative estimate of drug-likeness (QED) is 0.880. The zero-order valence-corrected chi connectivity index (χ0v) is 13.9. The largest absolute Gasteiger partial charge is 0.479 e. The summed E-state index contributed by atoms with van der Waals surface area (Å²) < 4.78 is 5.50. The van der Waals surface area contributed by atoms with E-state index in [0.29, 0.717) is 49.6 Å². The van der Waals surface area contributed by atoms with Crippen LogP contribution in [-0.4, -0.2) is 59.8 Å². The normalized spacial score (nSPS) is 20.1. The van der Waals surface area contributed by atoms with Crippen molar-refractivity contribution in [3.05, 3.63) is 23.8 Å². The molecular weight excluding hydrogens is 310 g/mol. The minimum absolute atomic E-state index is 0.103. The number of anilines is 1. The van der Waals surface area contributed by atoms with Crippen molar-refractivity contribution in [2.24, 2.45) is 0 Å². The molecule has 1 atom stereocenters. The third-order valence-electron chi connectivity index (χ3n) is 4.38. The molecule has 0 radical (unpaired) electrons. The van der Waals surface area contributed by atoms with E-state index in [9.17, 15) is 14.4 Å². The number of hydrogen-bond acceptors (Lipinski definition) is 4. The second-order valence-electron chi connectivity index (χ2n) is 5.99. The zero-order chi connectivity index (χ0) is 17.3. The van der Waals surface area contributed by atoms with E-state index >= 15 is 0 Å². The van der Waals surface area contributed by atoms with E-state index in [0.717, 1.165) is 0 Å². The van der Waals surface area contributed by atoms with Crippen LogP contribution in [-0.2, 0) is 9.59 Å². The molecule has 0 aliphatic carbocycles. The highest BCUT2D eigenvalue weighted by atomic mass is 16.5. The number of fused-ring (bicyclic) bond motifs is 1. The molecule has 1 aromatic rings. The highest BCUT2D eigenvalue weighted by Gasteiger charge is 2.27. The van der Waals surface area contributed by atoms with Crippen molar-refractivity contribution in [1.29, 1.82) is 0 Å². The first-order valence-corrected chi connectivity index (χ1v) is 8.18. The van der Waals surface area contributed by atoms with E-state index in [2.05, 4.69) is 5.32 Å². The molecule has 1 fully saturated rings. The van der Waals surface area contributed by atoms with Crippen molar-refractivity contribution in [2.75, 3.05) is 31.5 Å². The van der Waals surface area contributed by atoms with Gasteiger partial charge in [0.1, 0.15) is 5.75 Å². The predicted molar refractivity (Wildman–Crippen MR) is 87.9 cm³/mol. The summed E-state index contributed by atoms with van der Waals surface area (Å²) >= 11 is 0. The molecule has 1 N–H and O–H groups in total. The average molecular weight is 331 g/mol. The summed E-state index contributed by atoms with van der Waals surface area (Å²) in [6, 6.07) is 5.05. The summed E-state index contributed by atoms with van der Waals surface area (Å²) in [6.07, 6.45) is -0.0556. The molecule has 0 saturated carbocycles. The van der Waals surface area contributed by atoms with Gasteiger partial charge in [-0.25, -0.2) is 0 Å². The number of rotatable bonds is 2. The number of nitrogens with one attached hydrogen (secondary N) is 1. The molecule has 3 rings (SSSR count). The van der Waals surface area contributed by atoms with Gasteiger partial charge in [-0.05, 0) is 25.1 Å². The second-order valence-corrected chi connectivity index (χ2v) is 5.99. The molecular formula is C17H21N3O4. The van der Waals surface area contributed by atoms with Crippen LogP contribution >= 0.6 is 0 Å². The number of nitrogens with zero attached hydrogens (tertiary/aromatic N) is 2. The van der Waals surface area contributed by atoms with Crippen LogP contribution in [0.25, 0.3) is 0 Å². The standard InChI is InChI=1S/C17H21N3O4/c1-3-15(21)19-6-8-20(9-7-19)17(23)12-4-5-14-13(10-12)18-16(22)11(2)24-14/h4-5,10-11H,3,6-9H2,1-2H3,(H,18,22). The Bertz CT molecular complexity index is 680. The molecule has 1 aromatic carbocycles. The van der Waals surface area contributed by atoms with Crippen molar-refractivity contribution in [3.63, 3.8) is 0 Å². The number of carbonyl (C=O) groups is 3. The molecule has 7 nitrogen and oxygen atoms in total. The smallest absolute Gasteiger partial charge is 0.265 e. The van der Waals surface area contributed by atoms with E-state index in [1.807, 2.05) is 6.92 Å². The van der Waals surface area contributed by atoms with Gasteiger partial charge in [0, 0.05) is 38.2 Å². The van der Waals surface area contributed by atoms with Gasteiger partial charge in [-0.15, -0.1) is 0 Å². The molecule has 0 aromatic heterocycles. The first-order valence-electron chi connectivity index (χ1n) is 8.18. The van der Waals surface area contributed by atoms with Crippen molar-refractivity contribution < 1.29 is 19.1 Å². The number of amides is 3. The lowest BCUT2D eigenvalue weighted by atomic mass is 10.1. The molecule has 2 aliphatic rings. The number of benzene rings is 1. The van der Waals surface area contributed by atoms with Gasteiger partial charge >= 0.3 is 0 Å². The van der Waals surface area contributed by atoms with Crippen LogP contribution in [0.1, 0.15) is 30.6 Å². The van der Waals surface area contributed by atoms with Gasteiger partial charge in [-0.1, -0.05) is 6.92 Å². The zero-order valence-electron chi connectivity index (χ0n) is 13.9. The Morgan fingerprint density at radius 3 is 2.54 bits per heavy atom. The number of piperazine rings is 1. The number of hydrogen-bond donors (Lipinski definition) is 1. The molecule has 1 unspecified atom stereocenters. The topological polar surface area (TPSA) is 79.0 Å². The highest BCUT2D eigenvalue weighted by molar-refractivity contribution is 6.01. The van der Waals surface area contributed by atoms with Gasteiger partial charge in [-0.2, -0.15) is 0 Å². The van der Waals surface area contributed by atoms with Crippen molar-refractivity contribution >= 4 is 23.4 Å². The Morgan fingerprint density at radius 2 is 1.88 bits per heavy atom. The summed E-state index contributed by atoms with van der Waals surface area (Å²) in [5.74, 6) is 0.356. The molecule has 2 aliphatic heterocycles. The third-order valence-corrected chi connectivity index (χ3v) is 4.38. The van der Waals surface area contributed by atoms with Crippen LogP contribution in [0.5, 0.6) is 5.75 Å². The van der Waals surface area contributed by atoms with Crippen LogP contribution in [0.2, 0.25) is 0 Å². The monoisotopic (exact) mass is 331 g/mol. The minimum atomic E-state index is -0.539. The fourth-order valence-electron chi connectivity index (χ4n) is 2.91. The fraction of sp³-hybridized carbons (Fsp3) is 0.471. The van der Waals surface area contributed by atoms with E-state index in [1.54, 1.807) is 34.9 Å². The highest BCUT2D eigenvalue weighted by Crippen LogP contribution is 2.30. The summed E-state index contributed by atoms with van der Waals surface area (Å²) in [6.45, 7) is 5.66. The summed E-state index contributed by atoms with van der Waals surface area (Å²) in [4.78, 5) is 39.6. The molecule has 3 amide bonds. The Kier molecular flexibility index (Phi) is 4.42. The maximum absolute atomic E-state index is 12.6. The van der Waals surface area contributed by atoms with Crippen LogP contribution in [0.3, 0.4) is 0 Å². The lowest BCUT2D eigenvalue weighted by Crippen LogP contribution is -2.50. The van der Waals surface area contributed by atoms with Crippen LogP contribution in [0.15, 0.2) is 18.2 Å². The Morgan fingerprint density at radius 1 is 1.21 bits per heavy atom. The van der Waals surface area contributed by atoms with Crippen molar-refractivity contribution in [2.45, 2.75) is 26.4 Å². The van der Waals surface area contributed by atoms with Gasteiger partial charge in [0.2, 0.25) is 5.91 Å². The molecule has 2 heterocycles. The predicted octanol–water partition coefficient (Wildman–Crippen LogP) is 1.10. The molecule has 7 heteroatoms. The van der Waals surface area contributed by atoms with Crippen molar-refractivity contribution in [1.82, 2.24) is 9.80 Å². The second kappa shape index (κ2) is 6.51. The average Bonchev–Trinajstić information content (AvgIpc) is 2.61. The Hall–Kier alpha value is -2.57. The van der Waals surface area contributed by atoms with Gasteiger partial charge in [-0.3, -0.25) is 14.4 Å². The Balaban J connectivity index is 1.69. The first-order chi connectivity index (χ1) is 11.5. The molecule has 1 saturated heterocycles. The molecule has 128 valence electrons. The van der Waals surface area contributed by atoms with Gasteiger partial charge in [0.05, 0.1) is 5.69 Å². The molecule has 0 bridgehead atoms. The lowest BCUT2D eigenvalue weighted by Gasteiger charge is -2.35. The summed E-state index contributed by atoms with van der Waals surface area (Å²) in [5, 5.41) is 2.75. The maximum atomic E-state index is 12.6. The summed E-state index contributed by atoms with van der Waals surface area (Å²) in [5.41, 5.74) is 1.02. The van der Waals surface area contributed by atoms with Crippen molar-refractivity contribution in [3.8, 4) is 5.75 Å². The van der Waals surface area contributed by atoms with E-state index in [1.165, 1.54) is 0 Å². The van der Waals surface area contributed by atoms with E-state index in [4.69, 9.17) is 4.74 Å². The van der Waals surface area contributed by atoms with Crippen LogP contribution in [0, 0.1) is 0 Å². The van der Waals surface area contributed by atoms with E-state index in [-0.39, 0.29) is 17.7 Å². The fourth-order valence-corrected chi connectivity index (χ4v) is 2.91. The van der Waals surface area contributed by atoms with Gasteiger partial charge in [0.15, 0.2) is 6.10 Å². The molecule has 0 spiro atoms. The number of ether oxygens (including phenoxy) is 1. The summed E-state index contributed by atoms with van der Waals surface area (Å²) in [7, 11) is 0. The molecule has 24 heavy (non-hydrogen) atoms. The minimum Gasteiger partial charge on any atom is -0.479 e. The number of carbonyl (C=O) groups excluding carboxylic acids is 3. The first kappa shape index (κ1) is 16.3. The SMILES string of the molecule is CCC(=O)N1CCN(C(=O)c2ccc3c(c2)NC(=O)C(C)O3)CC1.